The number of amides is 1. The van der Waals surface area contributed by atoms with Crippen molar-refractivity contribution in [3.8, 4) is 11.5 Å². The van der Waals surface area contributed by atoms with Crippen LogP contribution in [0.5, 0.6) is 11.5 Å². The summed E-state index contributed by atoms with van der Waals surface area (Å²) < 4.78 is 10.6. The van der Waals surface area contributed by atoms with Crippen molar-refractivity contribution in [2.75, 3.05) is 31.4 Å². The highest BCUT2D eigenvalue weighted by Crippen LogP contribution is 2.27. The molecular formula is C24H26N2O3. The molecule has 0 unspecified atom stereocenters. The van der Waals surface area contributed by atoms with Gasteiger partial charge in [0.05, 0.1) is 14.2 Å². The Hall–Kier alpha value is -3.47. The maximum Gasteiger partial charge on any atom is 0.255 e. The molecule has 150 valence electrons. The van der Waals surface area contributed by atoms with E-state index in [4.69, 9.17) is 9.47 Å². The average Bonchev–Trinajstić information content (AvgIpc) is 2.75. The van der Waals surface area contributed by atoms with Gasteiger partial charge in [0.1, 0.15) is 0 Å². The van der Waals surface area contributed by atoms with Gasteiger partial charge in [-0.25, -0.2) is 0 Å². The minimum absolute atomic E-state index is 0.112. The minimum Gasteiger partial charge on any atom is -0.493 e. The molecule has 5 nitrogen and oxygen atoms in total. The van der Waals surface area contributed by atoms with Crippen LogP contribution in [-0.2, 0) is 6.42 Å². The third-order valence-electron chi connectivity index (χ3n) is 4.65. The van der Waals surface area contributed by atoms with Gasteiger partial charge in [0.2, 0.25) is 0 Å². The summed E-state index contributed by atoms with van der Waals surface area (Å²) in [5.74, 6) is 1.35. The third-order valence-corrected chi connectivity index (χ3v) is 4.65. The van der Waals surface area contributed by atoms with Gasteiger partial charge in [-0.2, -0.15) is 0 Å². The Balaban J connectivity index is 1.51. The Bertz CT molecular complexity index is 951. The lowest BCUT2D eigenvalue weighted by molar-refractivity contribution is 0.102. The number of ether oxygens (including phenoxy) is 2. The highest BCUT2D eigenvalue weighted by atomic mass is 16.5. The van der Waals surface area contributed by atoms with Crippen molar-refractivity contribution in [1.82, 2.24) is 0 Å². The van der Waals surface area contributed by atoms with Crippen LogP contribution in [0.2, 0.25) is 0 Å². The first kappa shape index (κ1) is 20.3. The lowest BCUT2D eigenvalue weighted by Gasteiger charge is -2.11. The summed E-state index contributed by atoms with van der Waals surface area (Å²) in [6.45, 7) is 2.78. The van der Waals surface area contributed by atoms with Gasteiger partial charge in [0.15, 0.2) is 11.5 Å². The van der Waals surface area contributed by atoms with Gasteiger partial charge in [-0.3, -0.25) is 4.79 Å². The van der Waals surface area contributed by atoms with E-state index in [2.05, 4.69) is 10.6 Å². The topological polar surface area (TPSA) is 59.6 Å². The average molecular weight is 390 g/mol. The fourth-order valence-corrected chi connectivity index (χ4v) is 2.97. The quantitative estimate of drug-likeness (QED) is 0.573. The highest BCUT2D eigenvalue weighted by molar-refractivity contribution is 6.04. The molecule has 0 aliphatic heterocycles. The van der Waals surface area contributed by atoms with E-state index >= 15 is 0 Å². The molecule has 0 atom stereocenters. The molecule has 3 aromatic carbocycles. The molecular weight excluding hydrogens is 364 g/mol. The van der Waals surface area contributed by atoms with E-state index in [0.717, 1.165) is 47.0 Å². The van der Waals surface area contributed by atoms with Crippen LogP contribution in [0.1, 0.15) is 21.5 Å². The number of aryl methyl sites for hydroxylation is 1. The van der Waals surface area contributed by atoms with Crippen LogP contribution in [-0.4, -0.2) is 26.7 Å². The summed E-state index contributed by atoms with van der Waals surface area (Å²) in [5.41, 5.74) is 4.70. The number of carbonyl (C=O) groups excluding carboxylic acids is 1. The molecule has 0 spiro atoms. The number of nitrogens with one attached hydrogen (secondary N) is 2. The molecule has 0 heterocycles. The summed E-state index contributed by atoms with van der Waals surface area (Å²) in [4.78, 5) is 12.3. The molecule has 3 rings (SSSR count). The molecule has 0 bridgehead atoms. The van der Waals surface area contributed by atoms with Crippen molar-refractivity contribution >= 4 is 17.3 Å². The van der Waals surface area contributed by atoms with Crippen LogP contribution in [0, 0.1) is 6.92 Å². The SMILES string of the molecule is COc1ccc(CCNc2ccc(NC(=O)c3ccc(C)cc3)cc2)cc1OC. The van der Waals surface area contributed by atoms with Crippen molar-refractivity contribution in [2.45, 2.75) is 13.3 Å². The molecule has 0 radical (unpaired) electrons. The summed E-state index contributed by atoms with van der Waals surface area (Å²) in [6, 6.07) is 21.2. The van der Waals surface area contributed by atoms with Gasteiger partial charge in [-0.15, -0.1) is 0 Å². The summed E-state index contributed by atoms with van der Waals surface area (Å²) in [5, 5.41) is 6.31. The van der Waals surface area contributed by atoms with E-state index in [-0.39, 0.29) is 5.91 Å². The molecule has 0 saturated carbocycles. The fraction of sp³-hybridized carbons (Fsp3) is 0.208. The summed E-state index contributed by atoms with van der Waals surface area (Å²) in [7, 11) is 3.27. The van der Waals surface area contributed by atoms with Crippen LogP contribution < -0.4 is 20.1 Å². The van der Waals surface area contributed by atoms with Gasteiger partial charge >= 0.3 is 0 Å². The van der Waals surface area contributed by atoms with Gasteiger partial charge in [-0.1, -0.05) is 23.8 Å². The first-order valence-corrected chi connectivity index (χ1v) is 9.52. The molecule has 3 aromatic rings. The maximum absolute atomic E-state index is 12.3. The zero-order valence-corrected chi connectivity index (χ0v) is 17.0. The first-order chi connectivity index (χ1) is 14.1. The molecule has 0 aliphatic carbocycles. The van der Waals surface area contributed by atoms with Crippen molar-refractivity contribution < 1.29 is 14.3 Å². The zero-order valence-electron chi connectivity index (χ0n) is 17.0. The normalized spacial score (nSPS) is 10.3. The lowest BCUT2D eigenvalue weighted by Crippen LogP contribution is -2.11. The lowest BCUT2D eigenvalue weighted by atomic mass is 10.1. The van der Waals surface area contributed by atoms with E-state index in [9.17, 15) is 4.79 Å². The number of hydrogen-bond donors (Lipinski definition) is 2. The van der Waals surface area contributed by atoms with Crippen molar-refractivity contribution in [3.05, 3.63) is 83.4 Å². The number of carbonyl (C=O) groups is 1. The van der Waals surface area contributed by atoms with Gasteiger partial charge in [-0.05, 0) is 67.4 Å². The molecule has 0 saturated heterocycles. The van der Waals surface area contributed by atoms with Crippen molar-refractivity contribution in [1.29, 1.82) is 0 Å². The minimum atomic E-state index is -0.112. The maximum atomic E-state index is 12.3. The Labute approximate surface area is 171 Å². The second-order valence-corrected chi connectivity index (χ2v) is 6.76. The Morgan fingerprint density at radius 3 is 2.14 bits per heavy atom. The van der Waals surface area contributed by atoms with Crippen LogP contribution in [0.3, 0.4) is 0 Å². The van der Waals surface area contributed by atoms with Crippen LogP contribution in [0.25, 0.3) is 0 Å². The predicted octanol–water partition coefficient (Wildman–Crippen LogP) is 4.92. The Morgan fingerprint density at radius 2 is 1.48 bits per heavy atom. The number of hydrogen-bond acceptors (Lipinski definition) is 4. The van der Waals surface area contributed by atoms with Crippen molar-refractivity contribution in [3.63, 3.8) is 0 Å². The van der Waals surface area contributed by atoms with Crippen LogP contribution in [0.15, 0.2) is 66.7 Å². The molecule has 29 heavy (non-hydrogen) atoms. The zero-order chi connectivity index (χ0) is 20.6. The van der Waals surface area contributed by atoms with Crippen LogP contribution in [0.4, 0.5) is 11.4 Å². The molecule has 5 heteroatoms. The molecule has 0 fully saturated rings. The largest absolute Gasteiger partial charge is 0.493 e. The third kappa shape index (κ3) is 5.51. The number of methoxy groups -OCH3 is 2. The van der Waals surface area contributed by atoms with E-state index < -0.39 is 0 Å². The standard InChI is InChI=1S/C24H26N2O3/c1-17-4-7-19(8-5-17)24(27)26-21-11-9-20(10-12-21)25-15-14-18-6-13-22(28-2)23(16-18)29-3/h4-13,16,25H,14-15H2,1-3H3,(H,26,27). The van der Waals surface area contributed by atoms with Gasteiger partial charge < -0.3 is 20.1 Å². The van der Waals surface area contributed by atoms with E-state index in [1.807, 2.05) is 73.7 Å². The first-order valence-electron chi connectivity index (χ1n) is 9.52. The molecule has 2 N–H and O–H groups in total. The smallest absolute Gasteiger partial charge is 0.255 e. The monoisotopic (exact) mass is 390 g/mol. The number of rotatable bonds is 8. The Kier molecular flexibility index (Phi) is 6.74. The summed E-state index contributed by atoms with van der Waals surface area (Å²) >= 11 is 0. The second-order valence-electron chi connectivity index (χ2n) is 6.76. The van der Waals surface area contributed by atoms with Crippen molar-refractivity contribution in [2.24, 2.45) is 0 Å². The van der Waals surface area contributed by atoms with E-state index in [0.29, 0.717) is 5.56 Å². The highest BCUT2D eigenvalue weighted by Gasteiger charge is 2.06. The second kappa shape index (κ2) is 9.64. The fourth-order valence-electron chi connectivity index (χ4n) is 2.97. The number of anilines is 2. The predicted molar refractivity (Wildman–Crippen MR) is 117 cm³/mol. The molecule has 0 aromatic heterocycles. The number of benzene rings is 3. The van der Waals surface area contributed by atoms with Gasteiger partial charge in [0.25, 0.3) is 5.91 Å². The van der Waals surface area contributed by atoms with Gasteiger partial charge in [0, 0.05) is 23.5 Å². The van der Waals surface area contributed by atoms with E-state index in [1.165, 1.54) is 0 Å². The molecule has 1 amide bonds. The van der Waals surface area contributed by atoms with E-state index in [1.54, 1.807) is 14.2 Å². The molecule has 0 aliphatic rings. The van der Waals surface area contributed by atoms with Crippen LogP contribution >= 0.6 is 0 Å². The Morgan fingerprint density at radius 1 is 0.828 bits per heavy atom. The summed E-state index contributed by atoms with van der Waals surface area (Å²) in [6.07, 6.45) is 0.853.